The number of primary amides is 1. The quantitative estimate of drug-likeness (QED) is 0.341. The van der Waals surface area contributed by atoms with Crippen molar-refractivity contribution in [1.29, 1.82) is 0 Å². The van der Waals surface area contributed by atoms with Crippen molar-refractivity contribution >= 4 is 34.8 Å². The van der Waals surface area contributed by atoms with Crippen molar-refractivity contribution in [2.75, 3.05) is 54.9 Å². The molecular weight excluding hydrogens is 468 g/mol. The topological polar surface area (TPSA) is 113 Å². The summed E-state index contributed by atoms with van der Waals surface area (Å²) in [4.78, 5) is 32.5. The number of nitrogens with one attached hydrogen (secondary N) is 2. The fourth-order valence-corrected chi connectivity index (χ4v) is 4.28. The number of hydrogen-bond acceptors (Lipinski definition) is 8. The second kappa shape index (κ2) is 12.7. The van der Waals surface area contributed by atoms with E-state index in [1.54, 1.807) is 6.07 Å². The van der Waals surface area contributed by atoms with Crippen LogP contribution in [0, 0.1) is 0 Å². The van der Waals surface area contributed by atoms with Crippen LogP contribution in [0.15, 0.2) is 66.9 Å². The van der Waals surface area contributed by atoms with Gasteiger partial charge in [-0.3, -0.25) is 14.5 Å². The zero-order valence-electron chi connectivity index (χ0n) is 21.2. The molecule has 4 N–H and O–H groups in total. The Labute approximate surface area is 217 Å². The van der Waals surface area contributed by atoms with Crippen LogP contribution in [0.3, 0.4) is 0 Å². The van der Waals surface area contributed by atoms with Crippen LogP contribution >= 0.6 is 0 Å². The molecule has 1 amide bonds. The third kappa shape index (κ3) is 7.44. The smallest absolute Gasteiger partial charge is 0.307 e. The van der Waals surface area contributed by atoms with E-state index in [1.807, 2.05) is 49.4 Å². The van der Waals surface area contributed by atoms with E-state index in [2.05, 4.69) is 37.6 Å². The number of esters is 1. The molecule has 0 aliphatic carbocycles. The molecule has 0 saturated carbocycles. The van der Waals surface area contributed by atoms with Gasteiger partial charge in [-0.15, -0.1) is 0 Å². The summed E-state index contributed by atoms with van der Waals surface area (Å²) in [6, 6.07) is 19.9. The molecular formula is C28H34N6O3. The molecule has 9 nitrogen and oxygen atoms in total. The number of piperazine rings is 1. The summed E-state index contributed by atoms with van der Waals surface area (Å²) < 4.78 is 5.02. The van der Waals surface area contributed by atoms with Gasteiger partial charge in [0.05, 0.1) is 24.3 Å². The minimum atomic E-state index is -0.528. The maximum atomic E-state index is 11.9. The molecule has 3 aromatic rings. The lowest BCUT2D eigenvalue weighted by atomic mass is 10.2. The van der Waals surface area contributed by atoms with Crippen LogP contribution in [0.25, 0.3) is 0 Å². The average Bonchev–Trinajstić information content (AvgIpc) is 2.92. The lowest BCUT2D eigenvalue weighted by Crippen LogP contribution is -2.47. The Balaban J connectivity index is 1.33. The molecule has 0 bridgehead atoms. The zero-order valence-corrected chi connectivity index (χ0v) is 21.2. The molecule has 0 unspecified atom stereocenters. The van der Waals surface area contributed by atoms with E-state index in [-0.39, 0.29) is 5.97 Å². The van der Waals surface area contributed by atoms with Crippen LogP contribution in [0.2, 0.25) is 0 Å². The maximum Gasteiger partial charge on any atom is 0.307 e. The fourth-order valence-electron chi connectivity index (χ4n) is 4.28. The largest absolute Gasteiger partial charge is 0.466 e. The van der Waals surface area contributed by atoms with Gasteiger partial charge in [0.15, 0.2) is 0 Å². The highest BCUT2D eigenvalue weighted by atomic mass is 16.5. The van der Waals surface area contributed by atoms with Gasteiger partial charge in [-0.05, 0) is 36.8 Å². The molecule has 1 saturated heterocycles. The summed E-state index contributed by atoms with van der Waals surface area (Å²) in [7, 11) is 0. The standard InChI is InChI=1S/C28H34N6O3/c1-2-37-27(35)12-13-33-14-16-34(17-15-33)23-10-8-22(9-11-23)32-26-18-25(24(20-31-26)28(29)36)30-19-21-6-4-3-5-7-21/h3-11,18,20H,2,12-17,19H2,1H3,(H2,29,36)(H2,30,31,32). The highest BCUT2D eigenvalue weighted by Crippen LogP contribution is 2.24. The summed E-state index contributed by atoms with van der Waals surface area (Å²) >= 11 is 0. The van der Waals surface area contributed by atoms with Crippen LogP contribution in [-0.4, -0.2) is 61.1 Å². The predicted octanol–water partition coefficient (Wildman–Crippen LogP) is 3.61. The highest BCUT2D eigenvalue weighted by molar-refractivity contribution is 5.98. The van der Waals surface area contributed by atoms with Gasteiger partial charge in [-0.25, -0.2) is 4.98 Å². The van der Waals surface area contributed by atoms with E-state index in [0.29, 0.717) is 36.6 Å². The molecule has 2 heterocycles. The number of pyridine rings is 1. The summed E-state index contributed by atoms with van der Waals surface area (Å²) in [6.07, 6.45) is 1.93. The van der Waals surface area contributed by atoms with Crippen molar-refractivity contribution < 1.29 is 14.3 Å². The van der Waals surface area contributed by atoms with Crippen molar-refractivity contribution in [2.45, 2.75) is 19.9 Å². The van der Waals surface area contributed by atoms with Gasteiger partial charge >= 0.3 is 5.97 Å². The lowest BCUT2D eigenvalue weighted by molar-refractivity contribution is -0.143. The second-order valence-corrected chi connectivity index (χ2v) is 8.87. The summed E-state index contributed by atoms with van der Waals surface area (Å²) in [5, 5.41) is 6.61. The molecule has 1 fully saturated rings. The highest BCUT2D eigenvalue weighted by Gasteiger charge is 2.18. The Morgan fingerprint density at radius 2 is 1.76 bits per heavy atom. The summed E-state index contributed by atoms with van der Waals surface area (Å²) in [5.74, 6) is -0.0469. The number of anilines is 4. The number of rotatable bonds is 11. The Kier molecular flexibility index (Phi) is 8.93. The van der Waals surface area contributed by atoms with E-state index in [4.69, 9.17) is 10.5 Å². The third-order valence-corrected chi connectivity index (χ3v) is 6.31. The SMILES string of the molecule is CCOC(=O)CCN1CCN(c2ccc(Nc3cc(NCc4ccccc4)c(C(N)=O)cn3)cc2)CC1. The van der Waals surface area contributed by atoms with Gasteiger partial charge in [0.1, 0.15) is 5.82 Å². The molecule has 0 radical (unpaired) electrons. The van der Waals surface area contributed by atoms with Gasteiger partial charge in [-0.2, -0.15) is 0 Å². The first-order chi connectivity index (χ1) is 18.0. The molecule has 4 rings (SSSR count). The molecule has 1 aromatic heterocycles. The first-order valence-corrected chi connectivity index (χ1v) is 12.6. The molecule has 9 heteroatoms. The molecule has 37 heavy (non-hydrogen) atoms. The number of nitrogens with two attached hydrogens (primary N) is 1. The number of carbonyl (C=O) groups excluding carboxylic acids is 2. The van der Waals surface area contributed by atoms with Gasteiger partial charge in [0.2, 0.25) is 0 Å². The van der Waals surface area contributed by atoms with E-state index in [9.17, 15) is 9.59 Å². The molecule has 0 atom stereocenters. The van der Waals surface area contributed by atoms with E-state index in [1.165, 1.54) is 6.20 Å². The second-order valence-electron chi connectivity index (χ2n) is 8.87. The molecule has 2 aromatic carbocycles. The molecule has 1 aliphatic rings. The van der Waals surface area contributed by atoms with Crippen LogP contribution in [0.4, 0.5) is 22.9 Å². The van der Waals surface area contributed by atoms with Crippen molar-refractivity contribution in [1.82, 2.24) is 9.88 Å². The molecule has 1 aliphatic heterocycles. The maximum absolute atomic E-state index is 11.9. The van der Waals surface area contributed by atoms with Crippen LogP contribution < -0.4 is 21.3 Å². The number of nitrogens with zero attached hydrogens (tertiary/aromatic N) is 3. The first kappa shape index (κ1) is 26.0. The van der Waals surface area contributed by atoms with Crippen LogP contribution in [0.5, 0.6) is 0 Å². The number of benzene rings is 2. The van der Waals surface area contributed by atoms with Crippen LogP contribution in [-0.2, 0) is 16.1 Å². The monoisotopic (exact) mass is 502 g/mol. The van der Waals surface area contributed by atoms with Crippen molar-refractivity contribution in [3.63, 3.8) is 0 Å². The number of amides is 1. The van der Waals surface area contributed by atoms with Crippen LogP contribution in [0.1, 0.15) is 29.3 Å². The average molecular weight is 503 g/mol. The zero-order chi connectivity index (χ0) is 26.0. The Morgan fingerprint density at radius 3 is 2.43 bits per heavy atom. The number of aromatic nitrogens is 1. The number of ether oxygens (including phenoxy) is 1. The Hall–Kier alpha value is -4.11. The third-order valence-electron chi connectivity index (χ3n) is 6.31. The van der Waals surface area contributed by atoms with Gasteiger partial charge in [0.25, 0.3) is 5.91 Å². The Bertz CT molecular complexity index is 1180. The fraction of sp³-hybridized carbons (Fsp3) is 0.321. The van der Waals surface area contributed by atoms with Gasteiger partial charge < -0.3 is 26.0 Å². The summed E-state index contributed by atoms with van der Waals surface area (Å²) in [5.41, 5.74) is 9.67. The number of carbonyl (C=O) groups is 2. The number of hydrogen-bond donors (Lipinski definition) is 3. The van der Waals surface area contributed by atoms with E-state index < -0.39 is 5.91 Å². The predicted molar refractivity (Wildman–Crippen MR) is 146 cm³/mol. The van der Waals surface area contributed by atoms with Crippen molar-refractivity contribution in [2.24, 2.45) is 5.73 Å². The first-order valence-electron chi connectivity index (χ1n) is 12.6. The van der Waals surface area contributed by atoms with Gasteiger partial charge in [-0.1, -0.05) is 30.3 Å². The van der Waals surface area contributed by atoms with Crippen molar-refractivity contribution in [3.05, 3.63) is 78.0 Å². The Morgan fingerprint density at radius 1 is 1.03 bits per heavy atom. The molecule has 194 valence electrons. The van der Waals surface area contributed by atoms with E-state index >= 15 is 0 Å². The minimum absolute atomic E-state index is 0.133. The van der Waals surface area contributed by atoms with Gasteiger partial charge in [0, 0.05) is 62.9 Å². The lowest BCUT2D eigenvalue weighted by Gasteiger charge is -2.36. The molecule has 0 spiro atoms. The summed E-state index contributed by atoms with van der Waals surface area (Å²) in [6.45, 7) is 7.19. The minimum Gasteiger partial charge on any atom is -0.466 e. The van der Waals surface area contributed by atoms with Crippen molar-refractivity contribution in [3.8, 4) is 0 Å². The van der Waals surface area contributed by atoms with E-state index in [0.717, 1.165) is 49.7 Å². The normalized spacial score (nSPS) is 13.7.